The van der Waals surface area contributed by atoms with Crippen LogP contribution in [0.4, 0.5) is 5.69 Å². The Morgan fingerprint density at radius 2 is 2.03 bits per heavy atom. The Morgan fingerprint density at radius 1 is 1.23 bits per heavy atom. The summed E-state index contributed by atoms with van der Waals surface area (Å²) in [6.45, 7) is 2.31. The number of amidine groups is 1. The molecule has 0 saturated carbocycles. The lowest BCUT2D eigenvalue weighted by atomic mass is 10.1. The normalized spacial score (nSPS) is 21.6. The lowest BCUT2D eigenvalue weighted by molar-refractivity contribution is 0.0950. The molecule has 2 N–H and O–H groups in total. The molecule has 9 heteroatoms. The zero-order valence-corrected chi connectivity index (χ0v) is 18.3. The van der Waals surface area contributed by atoms with Crippen LogP contribution >= 0.6 is 11.8 Å². The molecule has 0 bridgehead atoms. The molecule has 0 aromatic heterocycles. The number of aliphatic imine (C=N–C) groups is 1. The van der Waals surface area contributed by atoms with E-state index in [9.17, 15) is 13.2 Å². The largest absolute Gasteiger partial charge is 0.496 e. The molecule has 7 nitrogen and oxygen atoms in total. The van der Waals surface area contributed by atoms with E-state index >= 15 is 0 Å². The van der Waals surface area contributed by atoms with Crippen molar-refractivity contribution in [3.8, 4) is 5.75 Å². The minimum Gasteiger partial charge on any atom is -0.496 e. The molecule has 2 atom stereocenters. The van der Waals surface area contributed by atoms with Crippen molar-refractivity contribution >= 4 is 38.4 Å². The molecule has 30 heavy (non-hydrogen) atoms. The standard InChI is InChI=1S/C21H23N3O4S2/c1-13-7-8-14(20(25)22-10-15-5-3-4-6-18(15)28-2)9-16(13)23-21-24-17-11-30(26,27)12-19(17)29-21/h3-9,17,19H,10-12H2,1-2H3,(H,22,25)(H,23,24)/t17-,19+/m1/s1. The number of hydrogen-bond acceptors (Lipinski definition) is 7. The van der Waals surface area contributed by atoms with Crippen LogP contribution in [0.1, 0.15) is 21.5 Å². The predicted octanol–water partition coefficient (Wildman–Crippen LogP) is 2.61. The van der Waals surface area contributed by atoms with Gasteiger partial charge in [0.05, 0.1) is 24.7 Å². The molecule has 2 aliphatic rings. The Labute approximate surface area is 180 Å². The topological polar surface area (TPSA) is 96.9 Å². The van der Waals surface area contributed by atoms with Crippen LogP contribution in [-0.2, 0) is 16.4 Å². The maximum Gasteiger partial charge on any atom is 0.251 e. The highest BCUT2D eigenvalue weighted by atomic mass is 32.2. The fraction of sp³-hybridized carbons (Fsp3) is 0.333. The molecule has 1 saturated heterocycles. The number of methoxy groups -OCH3 is 1. The molecule has 2 aromatic rings. The zero-order valence-electron chi connectivity index (χ0n) is 16.7. The lowest BCUT2D eigenvalue weighted by Crippen LogP contribution is -2.23. The van der Waals surface area contributed by atoms with Crippen molar-refractivity contribution in [3.05, 3.63) is 59.2 Å². The average Bonchev–Trinajstić information content (AvgIpc) is 3.20. The van der Waals surface area contributed by atoms with E-state index in [0.717, 1.165) is 22.6 Å². The summed E-state index contributed by atoms with van der Waals surface area (Å²) in [6, 6.07) is 12.8. The molecule has 0 unspecified atom stereocenters. The smallest absolute Gasteiger partial charge is 0.251 e. The fourth-order valence-corrected chi connectivity index (χ4v) is 7.22. The quantitative estimate of drug-likeness (QED) is 0.734. The molecular formula is C21H23N3O4S2. The number of hydrogen-bond donors (Lipinski definition) is 2. The van der Waals surface area contributed by atoms with Crippen molar-refractivity contribution in [2.45, 2.75) is 24.8 Å². The van der Waals surface area contributed by atoms with Crippen LogP contribution in [0.15, 0.2) is 47.5 Å². The van der Waals surface area contributed by atoms with E-state index in [4.69, 9.17) is 4.74 Å². The molecule has 1 amide bonds. The Hall–Kier alpha value is -2.52. The molecule has 2 aromatic carbocycles. The van der Waals surface area contributed by atoms with Gasteiger partial charge >= 0.3 is 0 Å². The van der Waals surface area contributed by atoms with Gasteiger partial charge in [0.25, 0.3) is 5.91 Å². The van der Waals surface area contributed by atoms with Crippen LogP contribution in [0.25, 0.3) is 0 Å². The van der Waals surface area contributed by atoms with Crippen molar-refractivity contribution in [2.75, 3.05) is 23.9 Å². The van der Waals surface area contributed by atoms with Crippen molar-refractivity contribution in [3.63, 3.8) is 0 Å². The van der Waals surface area contributed by atoms with Gasteiger partial charge in [-0.05, 0) is 30.7 Å². The predicted molar refractivity (Wildman–Crippen MR) is 120 cm³/mol. The van der Waals surface area contributed by atoms with Crippen molar-refractivity contribution < 1.29 is 17.9 Å². The van der Waals surface area contributed by atoms with E-state index < -0.39 is 9.84 Å². The number of benzene rings is 2. The van der Waals surface area contributed by atoms with Crippen molar-refractivity contribution in [1.29, 1.82) is 0 Å². The van der Waals surface area contributed by atoms with Gasteiger partial charge in [0, 0.05) is 28.6 Å². The monoisotopic (exact) mass is 445 g/mol. The maximum atomic E-state index is 12.7. The fourth-order valence-electron chi connectivity index (χ4n) is 3.56. The van der Waals surface area contributed by atoms with E-state index in [1.54, 1.807) is 19.2 Å². The number of amides is 1. The van der Waals surface area contributed by atoms with Crippen LogP contribution in [-0.4, -0.2) is 49.4 Å². The third-order valence-electron chi connectivity index (χ3n) is 5.19. The molecule has 158 valence electrons. The summed E-state index contributed by atoms with van der Waals surface area (Å²) >= 11 is 1.46. The number of thioether (sulfide) groups is 1. The summed E-state index contributed by atoms with van der Waals surface area (Å²) in [5, 5.41) is 6.87. The third-order valence-corrected chi connectivity index (χ3v) is 8.33. The first-order chi connectivity index (χ1) is 14.3. The lowest BCUT2D eigenvalue weighted by Gasteiger charge is -2.13. The second kappa shape index (κ2) is 8.31. The van der Waals surface area contributed by atoms with Crippen LogP contribution in [0.3, 0.4) is 0 Å². The summed E-state index contributed by atoms with van der Waals surface area (Å²) < 4.78 is 28.8. The highest BCUT2D eigenvalue weighted by Crippen LogP contribution is 2.35. The Kier molecular flexibility index (Phi) is 5.75. The Morgan fingerprint density at radius 3 is 2.80 bits per heavy atom. The molecule has 2 aliphatic heterocycles. The van der Waals surface area contributed by atoms with Gasteiger partial charge in [0.1, 0.15) is 5.75 Å². The minimum atomic E-state index is -2.98. The molecule has 2 heterocycles. The van der Waals surface area contributed by atoms with Gasteiger partial charge in [-0.3, -0.25) is 9.79 Å². The Balaban J connectivity index is 1.44. The number of carbonyl (C=O) groups is 1. The van der Waals surface area contributed by atoms with Gasteiger partial charge in [-0.1, -0.05) is 36.0 Å². The van der Waals surface area contributed by atoms with Gasteiger partial charge in [-0.2, -0.15) is 0 Å². The Bertz CT molecular complexity index is 1110. The van der Waals surface area contributed by atoms with E-state index in [0.29, 0.717) is 17.3 Å². The molecule has 1 fully saturated rings. The third kappa shape index (κ3) is 4.46. The van der Waals surface area contributed by atoms with Gasteiger partial charge in [-0.15, -0.1) is 0 Å². The first kappa shape index (κ1) is 20.7. The van der Waals surface area contributed by atoms with E-state index in [-0.39, 0.29) is 28.7 Å². The van der Waals surface area contributed by atoms with Gasteiger partial charge in [0.2, 0.25) is 0 Å². The van der Waals surface area contributed by atoms with Gasteiger partial charge in [0.15, 0.2) is 15.0 Å². The van der Waals surface area contributed by atoms with Crippen LogP contribution in [0, 0.1) is 6.92 Å². The summed E-state index contributed by atoms with van der Waals surface area (Å²) in [4.78, 5) is 17.2. The van der Waals surface area contributed by atoms with E-state index in [1.807, 2.05) is 37.3 Å². The number of para-hydroxylation sites is 1. The highest BCUT2D eigenvalue weighted by molar-refractivity contribution is 8.15. The summed E-state index contributed by atoms with van der Waals surface area (Å²) in [7, 11) is -1.38. The average molecular weight is 446 g/mol. The maximum absolute atomic E-state index is 12.7. The first-order valence-electron chi connectivity index (χ1n) is 9.57. The number of ether oxygens (including phenoxy) is 1. The molecule has 0 spiro atoms. The first-order valence-corrected chi connectivity index (χ1v) is 12.3. The minimum absolute atomic E-state index is 0.0230. The van der Waals surface area contributed by atoms with Crippen LogP contribution < -0.4 is 15.4 Å². The summed E-state index contributed by atoms with van der Waals surface area (Å²) in [5.41, 5.74) is 3.19. The summed E-state index contributed by atoms with van der Waals surface area (Å²) in [6.07, 6.45) is 0. The van der Waals surface area contributed by atoms with E-state index in [2.05, 4.69) is 15.6 Å². The number of nitrogens with zero attached hydrogens (tertiary/aromatic N) is 1. The van der Waals surface area contributed by atoms with Crippen molar-refractivity contribution in [2.24, 2.45) is 4.99 Å². The van der Waals surface area contributed by atoms with Crippen LogP contribution in [0.5, 0.6) is 5.75 Å². The zero-order chi connectivity index (χ0) is 21.3. The number of fused-ring (bicyclic) bond motifs is 1. The highest BCUT2D eigenvalue weighted by Gasteiger charge is 2.42. The van der Waals surface area contributed by atoms with E-state index in [1.165, 1.54) is 11.8 Å². The van der Waals surface area contributed by atoms with Crippen molar-refractivity contribution in [1.82, 2.24) is 5.32 Å². The number of sulfone groups is 1. The molecule has 0 radical (unpaired) electrons. The second-order valence-electron chi connectivity index (χ2n) is 7.38. The second-order valence-corrected chi connectivity index (χ2v) is 10.8. The SMILES string of the molecule is COc1ccccc1CNC(=O)c1ccc(C)c(NC2=N[C@@H]3CS(=O)(=O)C[C@@H]3S2)c1. The van der Waals surface area contributed by atoms with Gasteiger partial charge in [-0.25, -0.2) is 8.42 Å². The number of anilines is 1. The number of nitrogens with one attached hydrogen (secondary N) is 2. The number of rotatable bonds is 5. The molecular weight excluding hydrogens is 422 g/mol. The molecule has 0 aliphatic carbocycles. The molecule has 4 rings (SSSR count). The summed E-state index contributed by atoms with van der Waals surface area (Å²) in [5.74, 6) is 0.822. The van der Waals surface area contributed by atoms with Gasteiger partial charge < -0.3 is 15.4 Å². The number of aryl methyl sites for hydroxylation is 1. The number of carbonyl (C=O) groups excluding carboxylic acids is 1. The van der Waals surface area contributed by atoms with Crippen LogP contribution in [0.2, 0.25) is 0 Å².